The molecule has 8 nitrogen and oxygen atoms in total. The smallest absolute Gasteiger partial charge is 0.283 e. The molecule has 0 bridgehead atoms. The van der Waals surface area contributed by atoms with Crippen LogP contribution in [0.5, 0.6) is 17.2 Å². The number of hydrogen-bond donors (Lipinski definition) is 0. The van der Waals surface area contributed by atoms with Gasteiger partial charge in [-0.15, -0.1) is 0 Å². The van der Waals surface area contributed by atoms with Gasteiger partial charge in [0, 0.05) is 12.1 Å². The summed E-state index contributed by atoms with van der Waals surface area (Å²) < 4.78 is 16.3. The summed E-state index contributed by atoms with van der Waals surface area (Å²) in [7, 11) is 3.23. The summed E-state index contributed by atoms with van der Waals surface area (Å²) in [6, 6.07) is 13.1. The minimum atomic E-state index is -0.245. The van der Waals surface area contributed by atoms with Gasteiger partial charge in [0.1, 0.15) is 5.75 Å². The zero-order valence-corrected chi connectivity index (χ0v) is 18.7. The Kier molecular flexibility index (Phi) is 8.48. The molecule has 0 fully saturated rings. The number of hydrazone groups is 1. The first-order valence-corrected chi connectivity index (χ1v) is 10.6. The second kappa shape index (κ2) is 11.7. The molecule has 0 radical (unpaired) electrons. The fraction of sp³-hybridized carbons (Fsp3) is 0.375. The molecular weight excluding hydrogens is 410 g/mol. The largest absolute Gasteiger partial charge is 0.497 e. The van der Waals surface area contributed by atoms with Gasteiger partial charge in [-0.2, -0.15) is 5.10 Å². The molecule has 32 heavy (non-hydrogen) atoms. The summed E-state index contributed by atoms with van der Waals surface area (Å²) in [6.07, 6.45) is 4.04. The van der Waals surface area contributed by atoms with Crippen LogP contribution >= 0.6 is 0 Å². The Labute approximate surface area is 188 Å². The molecule has 2 aromatic rings. The highest BCUT2D eigenvalue weighted by Gasteiger charge is 2.20. The van der Waals surface area contributed by atoms with Gasteiger partial charge in [-0.1, -0.05) is 12.1 Å². The van der Waals surface area contributed by atoms with Gasteiger partial charge >= 0.3 is 0 Å². The van der Waals surface area contributed by atoms with Crippen molar-refractivity contribution in [3.05, 3.63) is 53.6 Å². The van der Waals surface area contributed by atoms with Crippen LogP contribution in [0.25, 0.3) is 0 Å². The number of oxime groups is 1. The number of benzene rings is 2. The molecular formula is C24H29N3O5. The molecule has 0 N–H and O–H groups in total. The van der Waals surface area contributed by atoms with Crippen molar-refractivity contribution < 1.29 is 23.8 Å². The number of ether oxygens (including phenoxy) is 3. The van der Waals surface area contributed by atoms with E-state index in [0.29, 0.717) is 24.7 Å². The average Bonchev–Trinajstić information content (AvgIpc) is 2.85. The SMILES string of the molecule is CCCOc1cc(C2=NN(C(=O)CO/N=C/c3ccc(OC)cc3)CCC2)ccc1OC. The van der Waals surface area contributed by atoms with E-state index in [-0.39, 0.29) is 12.5 Å². The molecule has 2 aromatic carbocycles. The maximum Gasteiger partial charge on any atom is 0.283 e. The summed E-state index contributed by atoms with van der Waals surface area (Å²) in [5.74, 6) is 1.87. The number of hydrogen-bond acceptors (Lipinski definition) is 7. The van der Waals surface area contributed by atoms with Crippen molar-refractivity contribution in [1.82, 2.24) is 5.01 Å². The van der Waals surface area contributed by atoms with E-state index >= 15 is 0 Å². The highest BCUT2D eigenvalue weighted by atomic mass is 16.6. The maximum atomic E-state index is 12.5. The zero-order chi connectivity index (χ0) is 22.8. The minimum absolute atomic E-state index is 0.184. The Bertz CT molecular complexity index is 957. The fourth-order valence-corrected chi connectivity index (χ4v) is 3.16. The van der Waals surface area contributed by atoms with Crippen molar-refractivity contribution in [1.29, 1.82) is 0 Å². The second-order valence-corrected chi connectivity index (χ2v) is 7.16. The van der Waals surface area contributed by atoms with Crippen LogP contribution in [-0.4, -0.2) is 56.8 Å². The number of rotatable bonds is 10. The quantitative estimate of drug-likeness (QED) is 0.415. The normalized spacial score (nSPS) is 13.6. The lowest BCUT2D eigenvalue weighted by molar-refractivity contribution is -0.136. The third-order valence-corrected chi connectivity index (χ3v) is 4.85. The van der Waals surface area contributed by atoms with E-state index in [0.717, 1.165) is 41.9 Å². The molecule has 1 aliphatic rings. The Balaban J connectivity index is 1.61. The number of carbonyl (C=O) groups excluding carboxylic acids is 1. The highest BCUT2D eigenvalue weighted by Crippen LogP contribution is 2.29. The number of amides is 1. The van der Waals surface area contributed by atoms with E-state index in [1.807, 2.05) is 49.4 Å². The lowest BCUT2D eigenvalue weighted by Crippen LogP contribution is -2.34. The Morgan fingerprint density at radius 2 is 1.94 bits per heavy atom. The van der Waals surface area contributed by atoms with Crippen LogP contribution in [0, 0.1) is 0 Å². The number of methoxy groups -OCH3 is 2. The maximum absolute atomic E-state index is 12.5. The van der Waals surface area contributed by atoms with E-state index in [1.165, 1.54) is 5.01 Å². The highest BCUT2D eigenvalue weighted by molar-refractivity contribution is 6.02. The van der Waals surface area contributed by atoms with E-state index in [4.69, 9.17) is 19.0 Å². The third kappa shape index (κ3) is 6.23. The molecule has 0 spiro atoms. The molecule has 0 saturated carbocycles. The Hall–Kier alpha value is -3.55. The number of carbonyl (C=O) groups is 1. The molecule has 1 amide bonds. The Morgan fingerprint density at radius 3 is 2.66 bits per heavy atom. The van der Waals surface area contributed by atoms with Crippen molar-refractivity contribution in [3.63, 3.8) is 0 Å². The first kappa shape index (κ1) is 23.1. The van der Waals surface area contributed by atoms with Gasteiger partial charge in [0.25, 0.3) is 5.91 Å². The second-order valence-electron chi connectivity index (χ2n) is 7.16. The van der Waals surface area contributed by atoms with E-state index in [9.17, 15) is 4.79 Å². The first-order chi connectivity index (χ1) is 15.6. The van der Waals surface area contributed by atoms with Gasteiger partial charge in [-0.25, -0.2) is 5.01 Å². The molecule has 0 unspecified atom stereocenters. The fourth-order valence-electron chi connectivity index (χ4n) is 3.16. The molecule has 170 valence electrons. The van der Waals surface area contributed by atoms with Crippen molar-refractivity contribution in [2.24, 2.45) is 10.3 Å². The van der Waals surface area contributed by atoms with E-state index < -0.39 is 0 Å². The minimum Gasteiger partial charge on any atom is -0.497 e. The molecule has 0 aromatic heterocycles. The average molecular weight is 440 g/mol. The van der Waals surface area contributed by atoms with E-state index in [2.05, 4.69) is 10.3 Å². The first-order valence-electron chi connectivity index (χ1n) is 10.6. The third-order valence-electron chi connectivity index (χ3n) is 4.85. The van der Waals surface area contributed by atoms with Crippen LogP contribution < -0.4 is 14.2 Å². The van der Waals surface area contributed by atoms with Crippen LogP contribution in [0.15, 0.2) is 52.7 Å². The Morgan fingerprint density at radius 1 is 1.12 bits per heavy atom. The van der Waals surface area contributed by atoms with Crippen LogP contribution in [0.2, 0.25) is 0 Å². The lowest BCUT2D eigenvalue weighted by atomic mass is 10.0. The van der Waals surface area contributed by atoms with Crippen molar-refractivity contribution >= 4 is 17.8 Å². The van der Waals surface area contributed by atoms with Crippen molar-refractivity contribution in [3.8, 4) is 17.2 Å². The molecule has 0 aliphatic carbocycles. The van der Waals surface area contributed by atoms with Gasteiger partial charge in [0.2, 0.25) is 0 Å². The molecule has 1 aliphatic heterocycles. The van der Waals surface area contributed by atoms with Gasteiger partial charge in [-0.3, -0.25) is 4.79 Å². The van der Waals surface area contributed by atoms with Gasteiger partial charge in [0.05, 0.1) is 32.8 Å². The molecule has 3 rings (SSSR count). The molecule has 0 saturated heterocycles. The number of nitrogens with zero attached hydrogens (tertiary/aromatic N) is 3. The standard InChI is InChI=1S/C24H29N3O5/c1-4-14-31-23-15-19(9-12-22(23)30-3)21-6-5-13-27(26-21)24(28)17-32-25-16-18-7-10-20(29-2)11-8-18/h7-12,15-16H,4-6,13-14,17H2,1-3H3/b25-16+. The van der Waals surface area contributed by atoms with Gasteiger partial charge in [-0.05, 0) is 67.3 Å². The summed E-state index contributed by atoms with van der Waals surface area (Å²) in [4.78, 5) is 17.7. The van der Waals surface area contributed by atoms with Gasteiger partial charge in [0.15, 0.2) is 18.1 Å². The van der Waals surface area contributed by atoms with E-state index in [1.54, 1.807) is 20.4 Å². The molecule has 0 atom stereocenters. The monoisotopic (exact) mass is 439 g/mol. The summed E-state index contributed by atoms with van der Waals surface area (Å²) >= 11 is 0. The summed E-state index contributed by atoms with van der Waals surface area (Å²) in [6.45, 7) is 3.01. The van der Waals surface area contributed by atoms with Crippen molar-refractivity contribution in [2.75, 3.05) is 34.0 Å². The van der Waals surface area contributed by atoms with Crippen LogP contribution in [-0.2, 0) is 9.63 Å². The van der Waals surface area contributed by atoms with Gasteiger partial charge < -0.3 is 19.0 Å². The van der Waals surface area contributed by atoms with Crippen LogP contribution in [0.3, 0.4) is 0 Å². The summed E-state index contributed by atoms with van der Waals surface area (Å²) in [5, 5.41) is 9.86. The van der Waals surface area contributed by atoms with Crippen molar-refractivity contribution in [2.45, 2.75) is 26.2 Å². The predicted molar refractivity (Wildman–Crippen MR) is 123 cm³/mol. The topological polar surface area (TPSA) is 82.0 Å². The van der Waals surface area contributed by atoms with Crippen LogP contribution in [0.4, 0.5) is 0 Å². The van der Waals surface area contributed by atoms with Crippen LogP contribution in [0.1, 0.15) is 37.3 Å². The predicted octanol–water partition coefficient (Wildman–Crippen LogP) is 3.87. The lowest BCUT2D eigenvalue weighted by Gasteiger charge is -2.23. The zero-order valence-electron chi connectivity index (χ0n) is 18.7. The summed E-state index contributed by atoms with van der Waals surface area (Å²) in [5.41, 5.74) is 2.58. The molecule has 8 heteroatoms. The molecule has 1 heterocycles.